The maximum Gasteiger partial charge on any atom is 0.240 e. The van der Waals surface area contributed by atoms with Gasteiger partial charge in [0.1, 0.15) is 11.6 Å². The van der Waals surface area contributed by atoms with E-state index in [0.717, 1.165) is 11.6 Å². The zero-order chi connectivity index (χ0) is 29.4. The number of likely N-dealkylation sites (tertiary alicyclic amines) is 1. The van der Waals surface area contributed by atoms with E-state index >= 15 is 0 Å². The van der Waals surface area contributed by atoms with Crippen LogP contribution >= 0.6 is 36.4 Å². The lowest BCUT2D eigenvalue weighted by Crippen LogP contribution is -2.59. The molecule has 0 spiro atoms. The zero-order valence-corrected chi connectivity index (χ0v) is 27.5. The highest BCUT2D eigenvalue weighted by molar-refractivity contribution is 6.31. The number of hydrogen-bond donors (Lipinski definition) is 0. The fourth-order valence-corrected chi connectivity index (χ4v) is 6.20. The molecule has 2 amide bonds. The predicted octanol–water partition coefficient (Wildman–Crippen LogP) is 5.51. The Labute approximate surface area is 266 Å². The van der Waals surface area contributed by atoms with Gasteiger partial charge in [-0.05, 0) is 71.5 Å². The van der Waals surface area contributed by atoms with Gasteiger partial charge in [0.2, 0.25) is 11.8 Å². The van der Waals surface area contributed by atoms with Crippen molar-refractivity contribution in [3.05, 3.63) is 70.2 Å². The summed E-state index contributed by atoms with van der Waals surface area (Å²) in [6, 6.07) is 10.6. The van der Waals surface area contributed by atoms with Gasteiger partial charge >= 0.3 is 0 Å². The Morgan fingerprint density at radius 3 is 2.26 bits per heavy atom. The van der Waals surface area contributed by atoms with E-state index in [4.69, 9.17) is 11.6 Å². The van der Waals surface area contributed by atoms with E-state index in [1.165, 1.54) is 12.1 Å². The van der Waals surface area contributed by atoms with Crippen LogP contribution in [0, 0.1) is 17.6 Å². The fraction of sp³-hybridized carbons (Fsp3) is 0.548. The Bertz CT molecular complexity index is 1240. The highest BCUT2D eigenvalue weighted by atomic mass is 35.5. The molecule has 2 saturated heterocycles. The molecule has 0 aromatic heterocycles. The van der Waals surface area contributed by atoms with Crippen molar-refractivity contribution in [3.63, 3.8) is 0 Å². The molecular weight excluding hydrogens is 605 g/mol. The molecule has 2 aromatic carbocycles. The highest BCUT2D eigenvalue weighted by Gasteiger charge is 2.46. The summed E-state index contributed by atoms with van der Waals surface area (Å²) in [4.78, 5) is 35.5. The van der Waals surface area contributed by atoms with E-state index in [0.29, 0.717) is 49.7 Å². The summed E-state index contributed by atoms with van der Waals surface area (Å²) in [5.41, 5.74) is 1.09. The van der Waals surface area contributed by atoms with Crippen molar-refractivity contribution in [3.8, 4) is 0 Å². The first-order chi connectivity index (χ1) is 18.8. The van der Waals surface area contributed by atoms with Gasteiger partial charge in [-0.25, -0.2) is 8.78 Å². The third-order valence-corrected chi connectivity index (χ3v) is 8.82. The summed E-state index contributed by atoms with van der Waals surface area (Å²) in [6.45, 7) is 10.5. The molecule has 0 saturated carbocycles. The van der Waals surface area contributed by atoms with Crippen LogP contribution in [-0.4, -0.2) is 95.9 Å². The number of piperazine rings is 1. The molecule has 0 N–H and O–H groups in total. The molecule has 4 atom stereocenters. The maximum absolute atomic E-state index is 14.9. The lowest BCUT2D eigenvalue weighted by Gasteiger charge is -2.43. The van der Waals surface area contributed by atoms with Crippen molar-refractivity contribution >= 4 is 48.2 Å². The van der Waals surface area contributed by atoms with Crippen LogP contribution in [0.4, 0.5) is 8.78 Å². The van der Waals surface area contributed by atoms with Crippen LogP contribution in [0.2, 0.25) is 5.02 Å². The first-order valence-electron chi connectivity index (χ1n) is 14.0. The normalized spacial score (nSPS) is 22.0. The molecule has 2 fully saturated rings. The van der Waals surface area contributed by atoms with Gasteiger partial charge in [-0.15, -0.1) is 24.8 Å². The summed E-state index contributed by atoms with van der Waals surface area (Å²) in [5, 5.41) is 0.638. The molecule has 11 heteroatoms. The predicted molar refractivity (Wildman–Crippen MR) is 169 cm³/mol. The van der Waals surface area contributed by atoms with Gasteiger partial charge in [-0.3, -0.25) is 19.4 Å². The minimum atomic E-state index is -0.630. The minimum Gasteiger partial charge on any atom is -0.337 e. The van der Waals surface area contributed by atoms with Gasteiger partial charge in [0.25, 0.3) is 0 Å². The molecule has 2 aliphatic heterocycles. The Morgan fingerprint density at radius 1 is 1.02 bits per heavy atom. The van der Waals surface area contributed by atoms with Crippen LogP contribution in [-0.2, 0) is 16.0 Å². The van der Waals surface area contributed by atoms with Crippen molar-refractivity contribution in [1.29, 1.82) is 0 Å². The van der Waals surface area contributed by atoms with Gasteiger partial charge < -0.3 is 9.80 Å². The average Bonchev–Trinajstić information content (AvgIpc) is 3.33. The van der Waals surface area contributed by atoms with Gasteiger partial charge in [-0.1, -0.05) is 35.9 Å². The molecule has 0 aliphatic carbocycles. The first kappa shape index (κ1) is 36.2. The number of hydrogen-bond acceptors (Lipinski definition) is 4. The Morgan fingerprint density at radius 2 is 1.69 bits per heavy atom. The topological polar surface area (TPSA) is 47.1 Å². The fourth-order valence-electron chi connectivity index (χ4n) is 5.99. The molecule has 0 radical (unpaired) electrons. The second kappa shape index (κ2) is 14.7. The van der Waals surface area contributed by atoms with Crippen molar-refractivity contribution in [2.45, 2.75) is 57.7 Å². The van der Waals surface area contributed by atoms with Crippen molar-refractivity contribution in [2.75, 3.05) is 46.8 Å². The number of likely N-dealkylation sites (N-methyl/N-ethyl adjacent to an activating group) is 1. The second-order valence-corrected chi connectivity index (χ2v) is 12.8. The lowest BCUT2D eigenvalue weighted by molar-refractivity contribution is -0.147. The summed E-state index contributed by atoms with van der Waals surface area (Å²) in [5.74, 6) is -2.12. The highest BCUT2D eigenvalue weighted by Crippen LogP contribution is 2.39. The molecule has 42 heavy (non-hydrogen) atoms. The molecule has 2 heterocycles. The average molecular weight is 648 g/mol. The van der Waals surface area contributed by atoms with E-state index in [1.807, 2.05) is 60.0 Å². The molecule has 4 rings (SSSR count). The van der Waals surface area contributed by atoms with E-state index in [9.17, 15) is 18.4 Å². The number of carbonyl (C=O) groups excluding carboxylic acids is 2. The molecule has 0 bridgehead atoms. The third-order valence-electron chi connectivity index (χ3n) is 8.45. The Kier molecular flexibility index (Phi) is 12.7. The van der Waals surface area contributed by atoms with E-state index in [1.54, 1.807) is 0 Å². The molecule has 234 valence electrons. The molecule has 2 aliphatic rings. The van der Waals surface area contributed by atoms with Gasteiger partial charge in [0.05, 0.1) is 12.0 Å². The van der Waals surface area contributed by atoms with Crippen molar-refractivity contribution < 1.29 is 18.4 Å². The maximum atomic E-state index is 14.9. The Balaban J connectivity index is 0.00000308. The number of benzene rings is 2. The van der Waals surface area contributed by atoms with E-state index in [-0.39, 0.29) is 60.2 Å². The minimum absolute atomic E-state index is 0. The number of amides is 2. The number of halogens is 5. The van der Waals surface area contributed by atoms with Crippen molar-refractivity contribution in [2.24, 2.45) is 5.92 Å². The largest absolute Gasteiger partial charge is 0.337 e. The summed E-state index contributed by atoms with van der Waals surface area (Å²) in [7, 11) is 3.77. The quantitative estimate of drug-likeness (QED) is 0.415. The third kappa shape index (κ3) is 7.94. The molecule has 2 aromatic rings. The monoisotopic (exact) mass is 646 g/mol. The standard InChI is InChI=1S/C31H41ClF2N4O2.2ClH/c1-20-17-36(30(40)28(35(5)6)15-21-9-7-8-10-26(21)32)13-14-38(20)29(39)25-19-37(31(2,3)4)18-24(25)23-12-11-22(33)16-27(23)34;;/h7-12,16,20,24-25,28H,13-15,17-19H2,1-6H3;2*1H/t20-,24-,25+,28-;;/m0../s1. The van der Waals surface area contributed by atoms with Crippen LogP contribution in [0.5, 0.6) is 0 Å². The first-order valence-corrected chi connectivity index (χ1v) is 14.3. The molecule has 6 nitrogen and oxygen atoms in total. The summed E-state index contributed by atoms with van der Waals surface area (Å²) < 4.78 is 28.6. The SMILES string of the molecule is C[C@H]1CN(C(=O)[C@H](Cc2ccccc2Cl)N(C)C)CCN1C(=O)[C@@H]1CN(C(C)(C)C)C[C@H]1c1ccc(F)cc1F.Cl.Cl. The second-order valence-electron chi connectivity index (χ2n) is 12.4. The van der Waals surface area contributed by atoms with Crippen LogP contribution in [0.3, 0.4) is 0 Å². The van der Waals surface area contributed by atoms with Gasteiger partial charge in [0.15, 0.2) is 0 Å². The van der Waals surface area contributed by atoms with Crippen molar-refractivity contribution in [1.82, 2.24) is 19.6 Å². The Hall–Kier alpha value is -1.97. The van der Waals surface area contributed by atoms with E-state index in [2.05, 4.69) is 25.7 Å². The summed E-state index contributed by atoms with van der Waals surface area (Å²) in [6.07, 6.45) is 0.495. The van der Waals surface area contributed by atoms with Gasteiger partial charge in [0, 0.05) is 61.3 Å². The zero-order valence-electron chi connectivity index (χ0n) is 25.1. The van der Waals surface area contributed by atoms with Gasteiger partial charge in [-0.2, -0.15) is 0 Å². The van der Waals surface area contributed by atoms with Crippen LogP contribution < -0.4 is 0 Å². The van der Waals surface area contributed by atoms with Crippen LogP contribution in [0.1, 0.15) is 44.7 Å². The summed E-state index contributed by atoms with van der Waals surface area (Å²) >= 11 is 6.38. The van der Waals surface area contributed by atoms with E-state index < -0.39 is 17.6 Å². The number of nitrogens with zero attached hydrogens (tertiary/aromatic N) is 4. The molecular formula is C31H43Cl3F2N4O2. The van der Waals surface area contributed by atoms with Crippen LogP contribution in [0.15, 0.2) is 42.5 Å². The van der Waals surface area contributed by atoms with Crippen LogP contribution in [0.25, 0.3) is 0 Å². The lowest BCUT2D eigenvalue weighted by atomic mass is 9.87. The number of rotatable bonds is 6. The number of carbonyl (C=O) groups is 2. The smallest absolute Gasteiger partial charge is 0.240 e. The molecule has 0 unspecified atom stereocenters.